The standard InChI is InChI=1S/C27H28FN3O/c1-19-13-14-22(20(2)15-19)25-16-26(23-11-7-8-12-24(23)28)31(29-25)27(32)18-30(3)17-21-9-5-4-6-10-21/h4-15,26H,16-18H2,1-3H3/t26-/m1/s1. The fraction of sp³-hybridized carbons (Fsp3) is 0.259. The Hall–Kier alpha value is -3.31. The molecule has 32 heavy (non-hydrogen) atoms. The first-order chi connectivity index (χ1) is 15.4. The van der Waals surface area contributed by atoms with E-state index >= 15 is 0 Å². The summed E-state index contributed by atoms with van der Waals surface area (Å²) in [4.78, 5) is 15.3. The van der Waals surface area contributed by atoms with Gasteiger partial charge >= 0.3 is 0 Å². The monoisotopic (exact) mass is 429 g/mol. The molecule has 164 valence electrons. The van der Waals surface area contributed by atoms with E-state index in [1.54, 1.807) is 18.2 Å². The minimum Gasteiger partial charge on any atom is -0.293 e. The SMILES string of the molecule is Cc1ccc(C2=NN(C(=O)CN(C)Cc3ccccc3)[C@@H](c3ccccc3F)C2)c(C)c1. The number of aryl methyl sites for hydroxylation is 2. The van der Waals surface area contributed by atoms with Crippen LogP contribution in [0.1, 0.15) is 40.3 Å². The van der Waals surface area contributed by atoms with Crippen molar-refractivity contribution in [3.63, 3.8) is 0 Å². The number of carbonyl (C=O) groups excluding carboxylic acids is 1. The van der Waals surface area contributed by atoms with Crippen LogP contribution >= 0.6 is 0 Å². The van der Waals surface area contributed by atoms with Crippen molar-refractivity contribution in [1.82, 2.24) is 9.91 Å². The van der Waals surface area contributed by atoms with E-state index in [0.717, 1.165) is 22.4 Å². The lowest BCUT2D eigenvalue weighted by molar-refractivity contribution is -0.134. The number of benzene rings is 3. The molecule has 4 nitrogen and oxygen atoms in total. The zero-order valence-corrected chi connectivity index (χ0v) is 18.8. The van der Waals surface area contributed by atoms with E-state index in [1.165, 1.54) is 16.6 Å². The number of amides is 1. The number of carbonyl (C=O) groups is 1. The summed E-state index contributed by atoms with van der Waals surface area (Å²) in [5.41, 5.74) is 5.72. The van der Waals surface area contributed by atoms with Crippen molar-refractivity contribution in [1.29, 1.82) is 0 Å². The molecule has 0 saturated carbocycles. The van der Waals surface area contributed by atoms with Gasteiger partial charge in [-0.3, -0.25) is 9.69 Å². The Morgan fingerprint density at radius 2 is 1.78 bits per heavy atom. The van der Waals surface area contributed by atoms with E-state index < -0.39 is 6.04 Å². The Bertz CT molecular complexity index is 1140. The lowest BCUT2D eigenvalue weighted by atomic mass is 9.95. The third kappa shape index (κ3) is 4.78. The van der Waals surface area contributed by atoms with Gasteiger partial charge in [0.15, 0.2) is 0 Å². The van der Waals surface area contributed by atoms with Gasteiger partial charge in [0.05, 0.1) is 18.3 Å². The second-order valence-electron chi connectivity index (χ2n) is 8.50. The number of rotatable bonds is 6. The van der Waals surface area contributed by atoms with Crippen molar-refractivity contribution < 1.29 is 9.18 Å². The van der Waals surface area contributed by atoms with Crippen molar-refractivity contribution in [2.75, 3.05) is 13.6 Å². The first-order valence-corrected chi connectivity index (χ1v) is 10.9. The number of nitrogens with zero attached hydrogens (tertiary/aromatic N) is 3. The predicted molar refractivity (Wildman–Crippen MR) is 126 cm³/mol. The summed E-state index contributed by atoms with van der Waals surface area (Å²) >= 11 is 0. The van der Waals surface area contributed by atoms with Gasteiger partial charge in [-0.25, -0.2) is 9.40 Å². The van der Waals surface area contributed by atoms with Gasteiger partial charge < -0.3 is 0 Å². The number of halogens is 1. The highest BCUT2D eigenvalue weighted by molar-refractivity contribution is 6.04. The molecule has 0 saturated heterocycles. The van der Waals surface area contributed by atoms with Crippen LogP contribution in [0.25, 0.3) is 0 Å². The summed E-state index contributed by atoms with van der Waals surface area (Å²) in [7, 11) is 1.91. The molecule has 0 bridgehead atoms. The Morgan fingerprint density at radius 1 is 1.06 bits per heavy atom. The molecule has 3 aromatic carbocycles. The normalized spacial score (nSPS) is 15.8. The van der Waals surface area contributed by atoms with Crippen LogP contribution in [0.4, 0.5) is 4.39 Å². The van der Waals surface area contributed by atoms with Crippen molar-refractivity contribution >= 4 is 11.6 Å². The van der Waals surface area contributed by atoms with E-state index in [-0.39, 0.29) is 18.3 Å². The molecule has 0 unspecified atom stereocenters. The number of hydrogen-bond acceptors (Lipinski definition) is 3. The van der Waals surface area contributed by atoms with Crippen molar-refractivity contribution in [2.24, 2.45) is 5.10 Å². The Labute approximate surface area is 189 Å². The fourth-order valence-corrected chi connectivity index (χ4v) is 4.28. The quantitative estimate of drug-likeness (QED) is 0.536. The zero-order chi connectivity index (χ0) is 22.7. The Balaban J connectivity index is 1.61. The van der Waals surface area contributed by atoms with E-state index in [4.69, 9.17) is 5.10 Å². The molecule has 4 rings (SSSR count). The van der Waals surface area contributed by atoms with Crippen molar-refractivity contribution in [2.45, 2.75) is 32.9 Å². The third-order valence-electron chi connectivity index (χ3n) is 5.82. The minimum atomic E-state index is -0.454. The number of hydrogen-bond donors (Lipinski definition) is 0. The van der Waals surface area contributed by atoms with Crippen molar-refractivity contribution in [3.8, 4) is 0 Å². The molecule has 0 spiro atoms. The molecular formula is C27H28FN3O. The lowest BCUT2D eigenvalue weighted by Crippen LogP contribution is -2.36. The average Bonchev–Trinajstić information content (AvgIpc) is 3.19. The van der Waals surface area contributed by atoms with Crippen LogP contribution in [0.15, 0.2) is 77.9 Å². The molecule has 1 amide bonds. The highest BCUT2D eigenvalue weighted by Crippen LogP contribution is 2.35. The Morgan fingerprint density at radius 3 is 2.50 bits per heavy atom. The highest BCUT2D eigenvalue weighted by atomic mass is 19.1. The minimum absolute atomic E-state index is 0.142. The second-order valence-corrected chi connectivity index (χ2v) is 8.50. The Kier molecular flexibility index (Phi) is 6.47. The van der Waals surface area contributed by atoms with Gasteiger partial charge in [-0.05, 0) is 38.1 Å². The van der Waals surface area contributed by atoms with E-state index in [0.29, 0.717) is 18.5 Å². The first kappa shape index (κ1) is 21.9. The van der Waals surface area contributed by atoms with Crippen LogP contribution < -0.4 is 0 Å². The highest BCUT2D eigenvalue weighted by Gasteiger charge is 2.35. The number of hydrazone groups is 1. The molecule has 0 fully saturated rings. The van der Waals surface area contributed by atoms with Crippen LogP contribution in [-0.4, -0.2) is 35.1 Å². The topological polar surface area (TPSA) is 35.9 Å². The molecule has 0 aromatic heterocycles. The van der Waals surface area contributed by atoms with Crippen LogP contribution in [0.2, 0.25) is 0 Å². The summed E-state index contributed by atoms with van der Waals surface area (Å²) in [5.74, 6) is -0.457. The van der Waals surface area contributed by atoms with Gasteiger partial charge in [0.2, 0.25) is 0 Å². The van der Waals surface area contributed by atoms with Gasteiger partial charge in [-0.1, -0.05) is 72.3 Å². The summed E-state index contributed by atoms with van der Waals surface area (Å²) in [6.07, 6.45) is 0.485. The fourth-order valence-electron chi connectivity index (χ4n) is 4.28. The third-order valence-corrected chi connectivity index (χ3v) is 5.82. The smallest absolute Gasteiger partial charge is 0.257 e. The largest absolute Gasteiger partial charge is 0.293 e. The van der Waals surface area contributed by atoms with Crippen LogP contribution in [0.5, 0.6) is 0 Å². The summed E-state index contributed by atoms with van der Waals surface area (Å²) < 4.78 is 14.7. The van der Waals surface area contributed by atoms with E-state index in [1.807, 2.05) is 68.3 Å². The molecule has 1 atom stereocenters. The average molecular weight is 430 g/mol. The van der Waals surface area contributed by atoms with E-state index in [9.17, 15) is 9.18 Å². The predicted octanol–water partition coefficient (Wildman–Crippen LogP) is 5.25. The van der Waals surface area contributed by atoms with Crippen molar-refractivity contribution in [3.05, 3.63) is 106 Å². The lowest BCUT2D eigenvalue weighted by Gasteiger charge is -2.25. The maximum Gasteiger partial charge on any atom is 0.257 e. The van der Waals surface area contributed by atoms with Gasteiger partial charge in [0.25, 0.3) is 5.91 Å². The molecule has 5 heteroatoms. The van der Waals surface area contributed by atoms with Crippen LogP contribution in [0.3, 0.4) is 0 Å². The molecule has 1 aliphatic heterocycles. The molecule has 0 radical (unpaired) electrons. The molecular weight excluding hydrogens is 401 g/mol. The molecule has 1 aliphatic rings. The zero-order valence-electron chi connectivity index (χ0n) is 18.8. The molecule has 3 aromatic rings. The second kappa shape index (κ2) is 9.45. The summed E-state index contributed by atoms with van der Waals surface area (Å²) in [5, 5.41) is 6.20. The maximum absolute atomic E-state index is 14.7. The van der Waals surface area contributed by atoms with Crippen LogP contribution in [0, 0.1) is 19.7 Å². The van der Waals surface area contributed by atoms with Gasteiger partial charge in [0.1, 0.15) is 5.82 Å². The molecule has 0 aliphatic carbocycles. The maximum atomic E-state index is 14.7. The first-order valence-electron chi connectivity index (χ1n) is 10.9. The van der Waals surface area contributed by atoms with Gasteiger partial charge in [-0.2, -0.15) is 5.10 Å². The van der Waals surface area contributed by atoms with Crippen LogP contribution in [-0.2, 0) is 11.3 Å². The molecule has 1 heterocycles. The van der Waals surface area contributed by atoms with Gasteiger partial charge in [-0.15, -0.1) is 0 Å². The summed E-state index contributed by atoms with van der Waals surface area (Å²) in [6.45, 7) is 4.94. The molecule has 0 N–H and O–H groups in total. The summed E-state index contributed by atoms with van der Waals surface area (Å²) in [6, 6.07) is 22.4. The van der Waals surface area contributed by atoms with Gasteiger partial charge in [0, 0.05) is 24.1 Å². The number of likely N-dealkylation sites (N-methyl/N-ethyl adjacent to an activating group) is 1. The van der Waals surface area contributed by atoms with E-state index in [2.05, 4.69) is 6.07 Å².